The molecule has 0 aliphatic heterocycles. The fourth-order valence-electron chi connectivity index (χ4n) is 2.82. The molecule has 3 rings (SSSR count). The molecular formula is C22H18Cl2N2O2. The van der Waals surface area contributed by atoms with Crippen LogP contribution < -0.4 is 10.3 Å². The van der Waals surface area contributed by atoms with Gasteiger partial charge in [0, 0.05) is 6.54 Å². The maximum Gasteiger partial charge on any atom is 0.269 e. The summed E-state index contributed by atoms with van der Waals surface area (Å²) < 4.78 is 7.33. The van der Waals surface area contributed by atoms with Gasteiger partial charge in [0.1, 0.15) is 17.4 Å². The summed E-state index contributed by atoms with van der Waals surface area (Å²) in [4.78, 5) is 12.6. The molecule has 0 aliphatic rings. The van der Waals surface area contributed by atoms with Crippen LogP contribution >= 0.6 is 23.2 Å². The van der Waals surface area contributed by atoms with Crippen LogP contribution in [0.25, 0.3) is 0 Å². The number of pyridine rings is 1. The Labute approximate surface area is 173 Å². The van der Waals surface area contributed by atoms with E-state index in [-0.39, 0.29) is 17.2 Å². The Bertz CT molecular complexity index is 1080. The second kappa shape index (κ2) is 8.97. The fourth-order valence-corrected chi connectivity index (χ4v) is 3.36. The minimum atomic E-state index is -0.303. The molecular weight excluding hydrogens is 395 g/mol. The largest absolute Gasteiger partial charge is 0.487 e. The summed E-state index contributed by atoms with van der Waals surface area (Å²) in [6.07, 6.45) is 0.660. The number of rotatable bonds is 6. The Morgan fingerprint density at radius 2 is 1.82 bits per heavy atom. The van der Waals surface area contributed by atoms with E-state index in [1.807, 2.05) is 31.2 Å². The number of benzene rings is 2. The van der Waals surface area contributed by atoms with Crippen LogP contribution in [0.1, 0.15) is 22.4 Å². The first-order valence-electron chi connectivity index (χ1n) is 8.74. The summed E-state index contributed by atoms with van der Waals surface area (Å²) in [5.74, 6) is 0.530. The van der Waals surface area contributed by atoms with E-state index in [0.29, 0.717) is 35.0 Å². The number of hydrogen-bond acceptors (Lipinski definition) is 3. The zero-order valence-electron chi connectivity index (χ0n) is 15.3. The second-order valence-electron chi connectivity index (χ2n) is 6.41. The summed E-state index contributed by atoms with van der Waals surface area (Å²) >= 11 is 12.4. The third-order valence-corrected chi connectivity index (χ3v) is 4.99. The fraction of sp³-hybridized carbons (Fsp3) is 0.182. The first-order chi connectivity index (χ1) is 13.5. The van der Waals surface area contributed by atoms with Crippen molar-refractivity contribution in [3.63, 3.8) is 0 Å². The van der Waals surface area contributed by atoms with Crippen LogP contribution in [0.4, 0.5) is 0 Å². The van der Waals surface area contributed by atoms with Crippen molar-refractivity contribution in [2.24, 2.45) is 0 Å². The van der Waals surface area contributed by atoms with Gasteiger partial charge in [-0.15, -0.1) is 0 Å². The minimum absolute atomic E-state index is 0.0733. The summed E-state index contributed by atoms with van der Waals surface area (Å²) in [7, 11) is 0. The van der Waals surface area contributed by atoms with Gasteiger partial charge in [-0.2, -0.15) is 5.26 Å². The maximum absolute atomic E-state index is 12.6. The predicted octanol–water partition coefficient (Wildman–Crippen LogP) is 5.16. The molecule has 0 bridgehead atoms. The van der Waals surface area contributed by atoms with Gasteiger partial charge >= 0.3 is 0 Å². The van der Waals surface area contributed by atoms with Gasteiger partial charge in [0.15, 0.2) is 0 Å². The van der Waals surface area contributed by atoms with Gasteiger partial charge in [0.2, 0.25) is 0 Å². The van der Waals surface area contributed by atoms with Crippen LogP contribution in [0.15, 0.2) is 59.4 Å². The zero-order chi connectivity index (χ0) is 20.1. The molecule has 6 heteroatoms. The number of aryl methyl sites for hydroxylation is 2. The lowest BCUT2D eigenvalue weighted by molar-refractivity contribution is 0.292. The van der Waals surface area contributed by atoms with E-state index < -0.39 is 0 Å². The Hall–Kier alpha value is -2.74. The Morgan fingerprint density at radius 3 is 2.54 bits per heavy atom. The summed E-state index contributed by atoms with van der Waals surface area (Å²) in [5.41, 5.74) is 3.03. The lowest BCUT2D eigenvalue weighted by Gasteiger charge is -2.16. The van der Waals surface area contributed by atoms with Gasteiger partial charge in [-0.05, 0) is 43.2 Å². The van der Waals surface area contributed by atoms with E-state index in [4.69, 9.17) is 33.2 Å². The quantitative estimate of drug-likeness (QED) is 0.561. The third kappa shape index (κ3) is 4.75. The SMILES string of the molecule is Cc1ccc(CCn2c(COc3cccc(C#N)c3)c(Cl)cc(Cl)c2=O)cc1. The van der Waals surface area contributed by atoms with Crippen LogP contribution in [-0.4, -0.2) is 4.57 Å². The molecule has 0 atom stereocenters. The van der Waals surface area contributed by atoms with Crippen molar-refractivity contribution in [3.8, 4) is 11.8 Å². The van der Waals surface area contributed by atoms with Crippen LogP contribution in [-0.2, 0) is 19.6 Å². The van der Waals surface area contributed by atoms with Crippen LogP contribution in [0.5, 0.6) is 5.75 Å². The number of halogens is 2. The van der Waals surface area contributed by atoms with Gasteiger partial charge in [0.05, 0.1) is 22.3 Å². The van der Waals surface area contributed by atoms with Gasteiger partial charge in [-0.1, -0.05) is 59.1 Å². The van der Waals surface area contributed by atoms with Crippen molar-refractivity contribution in [3.05, 3.63) is 97.4 Å². The highest BCUT2D eigenvalue weighted by atomic mass is 35.5. The molecule has 28 heavy (non-hydrogen) atoms. The normalized spacial score (nSPS) is 10.5. The Kier molecular flexibility index (Phi) is 6.41. The smallest absolute Gasteiger partial charge is 0.269 e. The zero-order valence-corrected chi connectivity index (χ0v) is 16.8. The lowest BCUT2D eigenvalue weighted by atomic mass is 10.1. The molecule has 1 heterocycles. The average molecular weight is 413 g/mol. The molecule has 0 unspecified atom stereocenters. The summed E-state index contributed by atoms with van der Waals surface area (Å²) in [6, 6.07) is 18.5. The van der Waals surface area contributed by atoms with Crippen LogP contribution in [0, 0.1) is 18.3 Å². The van der Waals surface area contributed by atoms with Crippen molar-refractivity contribution in [1.29, 1.82) is 5.26 Å². The van der Waals surface area contributed by atoms with Crippen molar-refractivity contribution < 1.29 is 4.74 Å². The monoisotopic (exact) mass is 412 g/mol. The average Bonchev–Trinajstić information content (AvgIpc) is 2.70. The van der Waals surface area contributed by atoms with Crippen molar-refractivity contribution >= 4 is 23.2 Å². The van der Waals surface area contributed by atoms with Gasteiger partial charge in [-0.25, -0.2) is 0 Å². The molecule has 0 radical (unpaired) electrons. The molecule has 0 saturated heterocycles. The standard InChI is InChI=1S/C22H18Cl2N2O2/c1-15-5-7-16(8-6-15)9-10-26-21(19(23)12-20(24)22(26)27)14-28-18-4-2-3-17(11-18)13-25/h2-8,11-12H,9-10,14H2,1H3. The highest BCUT2D eigenvalue weighted by Gasteiger charge is 2.14. The molecule has 0 fully saturated rings. The molecule has 142 valence electrons. The second-order valence-corrected chi connectivity index (χ2v) is 7.22. The summed E-state index contributed by atoms with van der Waals surface area (Å²) in [6.45, 7) is 2.55. The molecule has 0 amide bonds. The number of nitriles is 1. The Morgan fingerprint density at radius 1 is 1.07 bits per heavy atom. The third-order valence-electron chi connectivity index (χ3n) is 4.39. The molecule has 0 spiro atoms. The molecule has 0 saturated carbocycles. The molecule has 3 aromatic rings. The maximum atomic E-state index is 12.6. The number of nitrogens with zero attached hydrogens (tertiary/aromatic N) is 2. The topological polar surface area (TPSA) is 55.0 Å². The van der Waals surface area contributed by atoms with Crippen LogP contribution in [0.2, 0.25) is 10.0 Å². The van der Waals surface area contributed by atoms with E-state index in [1.165, 1.54) is 11.6 Å². The van der Waals surface area contributed by atoms with Crippen molar-refractivity contribution in [1.82, 2.24) is 4.57 Å². The van der Waals surface area contributed by atoms with E-state index in [1.54, 1.807) is 28.8 Å². The molecule has 2 aromatic carbocycles. The van der Waals surface area contributed by atoms with Crippen LogP contribution in [0.3, 0.4) is 0 Å². The first kappa shape index (κ1) is 20.0. The number of ether oxygens (including phenoxy) is 1. The number of hydrogen-bond donors (Lipinski definition) is 0. The molecule has 0 N–H and O–H groups in total. The Balaban J connectivity index is 1.85. The van der Waals surface area contributed by atoms with Crippen molar-refractivity contribution in [2.45, 2.75) is 26.5 Å². The van der Waals surface area contributed by atoms with Gasteiger partial charge in [-0.3, -0.25) is 4.79 Å². The lowest BCUT2D eigenvalue weighted by Crippen LogP contribution is -2.26. The van der Waals surface area contributed by atoms with E-state index in [0.717, 1.165) is 5.56 Å². The van der Waals surface area contributed by atoms with Gasteiger partial charge < -0.3 is 9.30 Å². The number of aromatic nitrogens is 1. The molecule has 4 nitrogen and oxygen atoms in total. The van der Waals surface area contributed by atoms with E-state index >= 15 is 0 Å². The highest BCUT2D eigenvalue weighted by Crippen LogP contribution is 2.21. The van der Waals surface area contributed by atoms with Crippen molar-refractivity contribution in [2.75, 3.05) is 0 Å². The summed E-state index contributed by atoms with van der Waals surface area (Å²) in [5, 5.41) is 9.45. The highest BCUT2D eigenvalue weighted by molar-refractivity contribution is 6.34. The van der Waals surface area contributed by atoms with E-state index in [9.17, 15) is 4.79 Å². The predicted molar refractivity (Wildman–Crippen MR) is 111 cm³/mol. The minimum Gasteiger partial charge on any atom is -0.487 e. The molecule has 1 aromatic heterocycles. The van der Waals surface area contributed by atoms with E-state index in [2.05, 4.69) is 6.07 Å². The first-order valence-corrected chi connectivity index (χ1v) is 9.50. The van der Waals surface area contributed by atoms with Gasteiger partial charge in [0.25, 0.3) is 5.56 Å². The molecule has 0 aliphatic carbocycles.